The zero-order valence-corrected chi connectivity index (χ0v) is 15.2. The third-order valence-electron chi connectivity index (χ3n) is 4.44. The quantitative estimate of drug-likeness (QED) is 0.758. The number of aromatic nitrogens is 2. The maximum atomic E-state index is 9.71. The second-order valence-electron chi connectivity index (χ2n) is 6.10. The van der Waals surface area contributed by atoms with Gasteiger partial charge in [0.1, 0.15) is 11.6 Å². The normalized spacial score (nSPS) is 16.1. The summed E-state index contributed by atoms with van der Waals surface area (Å²) in [5, 5.41) is 16.5. The Labute approximate surface area is 155 Å². The number of nitrogens with two attached hydrogens (primary N) is 1. The number of aryl methyl sites for hydroxylation is 1. The SMILES string of the molecule is CCCc1nn(-c2ccccc2)c2c1[C@@H](c1cccs1)C(C#N)=C(N)O2. The molecule has 3 aromatic rings. The Morgan fingerprint density at radius 2 is 2.08 bits per heavy atom. The molecule has 0 unspecified atom stereocenters. The van der Waals surface area contributed by atoms with Crippen molar-refractivity contribution in [2.24, 2.45) is 5.73 Å². The van der Waals surface area contributed by atoms with E-state index in [2.05, 4.69) is 13.0 Å². The van der Waals surface area contributed by atoms with Gasteiger partial charge in [-0.1, -0.05) is 37.6 Å². The standard InChI is InChI=1S/C20H18N4OS/c1-2-7-15-18-17(16-10-6-11-26-16)14(12-21)19(22)25-20(18)24(23-15)13-8-4-3-5-9-13/h3-6,8-11,17H,2,7,22H2,1H3/t17-/m1/s1. The van der Waals surface area contributed by atoms with Crippen molar-refractivity contribution in [2.75, 3.05) is 0 Å². The molecule has 0 spiro atoms. The molecule has 5 nitrogen and oxygen atoms in total. The van der Waals surface area contributed by atoms with Crippen molar-refractivity contribution in [3.8, 4) is 17.6 Å². The molecule has 26 heavy (non-hydrogen) atoms. The van der Waals surface area contributed by atoms with Crippen molar-refractivity contribution in [3.63, 3.8) is 0 Å². The first kappa shape index (κ1) is 16.4. The zero-order valence-electron chi connectivity index (χ0n) is 14.3. The van der Waals surface area contributed by atoms with E-state index in [1.165, 1.54) is 0 Å². The Bertz CT molecular complexity index is 997. The first-order chi connectivity index (χ1) is 12.7. The maximum Gasteiger partial charge on any atom is 0.229 e. The van der Waals surface area contributed by atoms with Crippen molar-refractivity contribution in [2.45, 2.75) is 25.7 Å². The molecular formula is C20H18N4OS. The van der Waals surface area contributed by atoms with Gasteiger partial charge in [0.05, 0.1) is 22.9 Å². The molecule has 1 atom stereocenters. The molecule has 2 N–H and O–H groups in total. The second kappa shape index (κ2) is 6.70. The van der Waals surface area contributed by atoms with Gasteiger partial charge in [0.15, 0.2) is 0 Å². The number of hydrogen-bond donors (Lipinski definition) is 1. The zero-order chi connectivity index (χ0) is 18.1. The first-order valence-corrected chi connectivity index (χ1v) is 9.40. The topological polar surface area (TPSA) is 76.9 Å². The van der Waals surface area contributed by atoms with Crippen LogP contribution in [0.15, 0.2) is 59.3 Å². The number of allylic oxidation sites excluding steroid dienone is 1. The number of nitriles is 1. The number of para-hydroxylation sites is 1. The van der Waals surface area contributed by atoms with Crippen molar-refractivity contribution < 1.29 is 4.74 Å². The van der Waals surface area contributed by atoms with Gasteiger partial charge in [-0.05, 0) is 30.0 Å². The van der Waals surface area contributed by atoms with E-state index in [9.17, 15) is 5.26 Å². The van der Waals surface area contributed by atoms with E-state index in [4.69, 9.17) is 15.6 Å². The minimum atomic E-state index is -0.234. The van der Waals surface area contributed by atoms with Crippen LogP contribution >= 0.6 is 11.3 Å². The van der Waals surface area contributed by atoms with Crippen LogP contribution < -0.4 is 10.5 Å². The van der Waals surface area contributed by atoms with Crippen LogP contribution in [0.25, 0.3) is 5.69 Å². The molecule has 0 saturated heterocycles. The molecule has 4 rings (SSSR count). The van der Waals surface area contributed by atoms with Crippen LogP contribution in [0.1, 0.15) is 35.4 Å². The van der Waals surface area contributed by atoms with Crippen molar-refractivity contribution in [3.05, 3.63) is 75.4 Å². The fraction of sp³-hybridized carbons (Fsp3) is 0.200. The number of rotatable bonds is 4. The highest BCUT2D eigenvalue weighted by atomic mass is 32.1. The van der Waals surface area contributed by atoms with E-state index < -0.39 is 0 Å². The van der Waals surface area contributed by atoms with E-state index in [1.54, 1.807) is 16.0 Å². The molecule has 1 aliphatic heterocycles. The Hall–Kier alpha value is -3.04. The number of ether oxygens (including phenoxy) is 1. The molecule has 0 saturated carbocycles. The Morgan fingerprint density at radius 1 is 1.27 bits per heavy atom. The molecular weight excluding hydrogens is 344 g/mol. The van der Waals surface area contributed by atoms with E-state index in [1.807, 2.05) is 47.8 Å². The van der Waals surface area contributed by atoms with Gasteiger partial charge in [0.2, 0.25) is 11.8 Å². The largest absolute Gasteiger partial charge is 0.422 e. The van der Waals surface area contributed by atoms with Crippen molar-refractivity contribution >= 4 is 11.3 Å². The summed E-state index contributed by atoms with van der Waals surface area (Å²) in [4.78, 5) is 1.07. The second-order valence-corrected chi connectivity index (χ2v) is 7.08. The lowest BCUT2D eigenvalue weighted by atomic mass is 9.88. The van der Waals surface area contributed by atoms with Crippen LogP contribution in [-0.2, 0) is 6.42 Å². The van der Waals surface area contributed by atoms with E-state index >= 15 is 0 Å². The molecule has 1 aliphatic rings. The molecule has 2 aromatic heterocycles. The number of benzene rings is 1. The van der Waals surface area contributed by atoms with Crippen LogP contribution in [0.3, 0.4) is 0 Å². The van der Waals surface area contributed by atoms with Gasteiger partial charge in [-0.25, -0.2) is 4.68 Å². The van der Waals surface area contributed by atoms with Gasteiger partial charge < -0.3 is 10.5 Å². The van der Waals surface area contributed by atoms with Gasteiger partial charge >= 0.3 is 0 Å². The summed E-state index contributed by atoms with van der Waals surface area (Å²) in [6.45, 7) is 2.12. The lowest BCUT2D eigenvalue weighted by molar-refractivity contribution is 0.367. The fourth-order valence-corrected chi connectivity index (χ4v) is 4.16. The minimum absolute atomic E-state index is 0.151. The highest BCUT2D eigenvalue weighted by Gasteiger charge is 2.37. The van der Waals surface area contributed by atoms with Gasteiger partial charge in [0.25, 0.3) is 0 Å². The van der Waals surface area contributed by atoms with Gasteiger partial charge in [-0.15, -0.1) is 11.3 Å². The lowest BCUT2D eigenvalue weighted by Crippen LogP contribution is -2.21. The molecule has 0 radical (unpaired) electrons. The van der Waals surface area contributed by atoms with E-state index in [0.717, 1.165) is 34.7 Å². The summed E-state index contributed by atoms with van der Waals surface area (Å²) in [6.07, 6.45) is 1.77. The Morgan fingerprint density at radius 3 is 2.73 bits per heavy atom. The van der Waals surface area contributed by atoms with Crippen molar-refractivity contribution in [1.29, 1.82) is 5.26 Å². The minimum Gasteiger partial charge on any atom is -0.422 e. The summed E-state index contributed by atoms with van der Waals surface area (Å²) >= 11 is 1.61. The predicted octanol–water partition coefficient (Wildman–Crippen LogP) is 4.10. The summed E-state index contributed by atoms with van der Waals surface area (Å²) < 4.78 is 7.71. The fourth-order valence-electron chi connectivity index (χ4n) is 3.32. The lowest BCUT2D eigenvalue weighted by Gasteiger charge is -2.24. The summed E-state index contributed by atoms with van der Waals surface area (Å²) in [5.74, 6) is 0.524. The van der Waals surface area contributed by atoms with Gasteiger partial charge in [-0.2, -0.15) is 10.4 Å². The van der Waals surface area contributed by atoms with Crippen LogP contribution in [0.2, 0.25) is 0 Å². The smallest absolute Gasteiger partial charge is 0.229 e. The molecule has 130 valence electrons. The van der Waals surface area contributed by atoms with E-state index in [-0.39, 0.29) is 11.8 Å². The summed E-state index contributed by atoms with van der Waals surface area (Å²) in [7, 11) is 0. The van der Waals surface area contributed by atoms with Crippen LogP contribution in [0.4, 0.5) is 0 Å². The third-order valence-corrected chi connectivity index (χ3v) is 5.38. The summed E-state index contributed by atoms with van der Waals surface area (Å²) in [6, 6.07) is 16.1. The Kier molecular flexibility index (Phi) is 4.23. The highest BCUT2D eigenvalue weighted by molar-refractivity contribution is 7.10. The van der Waals surface area contributed by atoms with Gasteiger partial charge in [-0.3, -0.25) is 0 Å². The maximum absolute atomic E-state index is 9.71. The molecule has 0 aliphatic carbocycles. The number of thiophene rings is 1. The molecule has 0 bridgehead atoms. The predicted molar refractivity (Wildman–Crippen MR) is 101 cm³/mol. The molecule has 0 amide bonds. The molecule has 6 heteroatoms. The average Bonchev–Trinajstić information content (AvgIpc) is 3.30. The van der Waals surface area contributed by atoms with Crippen LogP contribution in [0, 0.1) is 11.3 Å². The highest BCUT2D eigenvalue weighted by Crippen LogP contribution is 2.46. The first-order valence-electron chi connectivity index (χ1n) is 8.52. The van der Waals surface area contributed by atoms with Gasteiger partial charge in [0, 0.05) is 4.88 Å². The molecule has 0 fully saturated rings. The van der Waals surface area contributed by atoms with E-state index in [0.29, 0.717) is 11.5 Å². The average molecular weight is 362 g/mol. The van der Waals surface area contributed by atoms with Crippen molar-refractivity contribution in [1.82, 2.24) is 9.78 Å². The number of nitrogens with zero attached hydrogens (tertiary/aromatic N) is 3. The number of hydrogen-bond acceptors (Lipinski definition) is 5. The monoisotopic (exact) mass is 362 g/mol. The third kappa shape index (κ3) is 2.57. The molecule has 1 aromatic carbocycles. The van der Waals surface area contributed by atoms with Crippen LogP contribution in [-0.4, -0.2) is 9.78 Å². The Balaban J connectivity index is 1.98. The summed E-state index contributed by atoms with van der Waals surface area (Å²) in [5.41, 5.74) is 9.38. The molecule has 3 heterocycles. The number of fused-ring (bicyclic) bond motifs is 1. The van der Waals surface area contributed by atoms with Crippen LogP contribution in [0.5, 0.6) is 5.88 Å².